The zero-order chi connectivity index (χ0) is 15.1. The van der Waals surface area contributed by atoms with E-state index in [1.807, 2.05) is 48.5 Å². The van der Waals surface area contributed by atoms with E-state index in [2.05, 4.69) is 0 Å². The van der Waals surface area contributed by atoms with Gasteiger partial charge in [0.2, 0.25) is 0 Å². The predicted octanol–water partition coefficient (Wildman–Crippen LogP) is 2.94. The Bertz CT molecular complexity index is 809. The number of halogens is 1. The lowest BCUT2D eigenvalue weighted by atomic mass is 9.54. The molecule has 3 aliphatic carbocycles. The van der Waals surface area contributed by atoms with Crippen molar-refractivity contribution in [1.29, 1.82) is 0 Å². The van der Waals surface area contributed by atoms with E-state index < -0.39 is 28.6 Å². The van der Waals surface area contributed by atoms with E-state index in [1.165, 1.54) is 0 Å². The molecule has 6 rings (SSSR count). The number of hydrogen-bond acceptors (Lipinski definition) is 3. The van der Waals surface area contributed by atoms with Crippen molar-refractivity contribution in [2.45, 2.75) is 10.8 Å². The molecule has 0 saturated carbocycles. The summed E-state index contributed by atoms with van der Waals surface area (Å²) in [5.74, 6) is -2.27. The average Bonchev–Trinajstić information content (AvgIpc) is 2.84. The molecule has 3 nitrogen and oxygen atoms in total. The molecule has 22 heavy (non-hydrogen) atoms. The van der Waals surface area contributed by atoms with Crippen LogP contribution in [0, 0.1) is 11.8 Å². The lowest BCUT2D eigenvalue weighted by Crippen LogP contribution is -2.50. The van der Waals surface area contributed by atoms with Crippen LogP contribution in [0.4, 0.5) is 0 Å². The highest BCUT2D eigenvalue weighted by Crippen LogP contribution is 2.65. The van der Waals surface area contributed by atoms with Crippen molar-refractivity contribution in [3.05, 3.63) is 70.8 Å². The summed E-state index contributed by atoms with van der Waals surface area (Å²) in [5.41, 5.74) is 3.91. The maximum absolute atomic E-state index is 12.3. The molecule has 0 amide bonds. The van der Waals surface area contributed by atoms with Gasteiger partial charge < -0.3 is 4.74 Å². The Kier molecular flexibility index (Phi) is 2.14. The van der Waals surface area contributed by atoms with E-state index >= 15 is 0 Å². The van der Waals surface area contributed by atoms with Crippen molar-refractivity contribution < 1.29 is 14.3 Å². The van der Waals surface area contributed by atoms with Gasteiger partial charge in [-0.25, -0.2) is 0 Å². The second-order valence-electron chi connectivity index (χ2n) is 6.11. The van der Waals surface area contributed by atoms with E-state index in [-0.39, 0.29) is 5.92 Å². The summed E-state index contributed by atoms with van der Waals surface area (Å²) in [6, 6.07) is 15.6. The Hall–Kier alpha value is -2.13. The smallest absolute Gasteiger partial charge is 0.320 e. The Morgan fingerprint density at radius 3 is 2.00 bits per heavy atom. The number of carbonyl (C=O) groups is 2. The molecule has 0 aromatic heterocycles. The molecule has 2 bridgehead atoms. The zero-order valence-electron chi connectivity index (χ0n) is 11.5. The first kappa shape index (κ1) is 12.4. The molecule has 4 heteroatoms. The topological polar surface area (TPSA) is 43.4 Å². The fourth-order valence-electron chi connectivity index (χ4n) is 4.49. The van der Waals surface area contributed by atoms with Crippen LogP contribution in [0.2, 0.25) is 0 Å². The van der Waals surface area contributed by atoms with E-state index in [0.717, 1.165) is 22.3 Å². The number of ether oxygens (including phenoxy) is 1. The lowest BCUT2D eigenvalue weighted by molar-refractivity contribution is -0.153. The van der Waals surface area contributed by atoms with Gasteiger partial charge in [-0.3, -0.25) is 9.59 Å². The molecule has 0 unspecified atom stereocenters. The standard InChI is InChI=1S/C18H11ClO3/c19-18-11-7-3-1-5-9(11)13(10-6-2-4-8-12(10)18)14-15(18)17(21)22-16(14)20/h1-8,13-15H/t13?,14-,15+,18?/m0/s1. The first-order valence-corrected chi connectivity index (χ1v) is 7.65. The fraction of sp³-hybridized carbons (Fsp3) is 0.222. The van der Waals surface area contributed by atoms with Crippen LogP contribution in [-0.2, 0) is 19.2 Å². The second kappa shape index (κ2) is 3.79. The van der Waals surface area contributed by atoms with E-state index in [4.69, 9.17) is 16.3 Å². The van der Waals surface area contributed by atoms with Crippen molar-refractivity contribution in [3.63, 3.8) is 0 Å². The Balaban J connectivity index is 1.94. The Morgan fingerprint density at radius 2 is 1.41 bits per heavy atom. The minimum Gasteiger partial charge on any atom is -0.393 e. The predicted molar refractivity (Wildman–Crippen MR) is 79.4 cm³/mol. The fourth-order valence-corrected chi connectivity index (χ4v) is 5.05. The molecule has 0 radical (unpaired) electrons. The highest BCUT2D eigenvalue weighted by atomic mass is 35.5. The van der Waals surface area contributed by atoms with Gasteiger partial charge in [-0.2, -0.15) is 0 Å². The molecule has 1 saturated heterocycles. The van der Waals surface area contributed by atoms with Gasteiger partial charge in [-0.05, 0) is 22.3 Å². The molecular formula is C18H11ClO3. The highest BCUT2D eigenvalue weighted by Gasteiger charge is 2.67. The van der Waals surface area contributed by atoms with Crippen LogP contribution >= 0.6 is 11.6 Å². The molecule has 1 aliphatic heterocycles. The first-order valence-electron chi connectivity index (χ1n) is 7.27. The third-order valence-electron chi connectivity index (χ3n) is 5.25. The van der Waals surface area contributed by atoms with Crippen LogP contribution in [0.25, 0.3) is 0 Å². The molecule has 4 aliphatic rings. The average molecular weight is 311 g/mol. The Morgan fingerprint density at radius 1 is 0.864 bits per heavy atom. The zero-order valence-corrected chi connectivity index (χ0v) is 12.2. The number of carbonyl (C=O) groups excluding carboxylic acids is 2. The highest BCUT2D eigenvalue weighted by molar-refractivity contribution is 6.29. The van der Waals surface area contributed by atoms with Gasteiger partial charge in [0.25, 0.3) is 0 Å². The largest absolute Gasteiger partial charge is 0.393 e. The third-order valence-corrected chi connectivity index (χ3v) is 5.89. The van der Waals surface area contributed by atoms with Crippen molar-refractivity contribution in [3.8, 4) is 0 Å². The minimum atomic E-state index is -1.02. The van der Waals surface area contributed by atoms with Gasteiger partial charge in [0.15, 0.2) is 0 Å². The van der Waals surface area contributed by atoms with Crippen LogP contribution in [0.3, 0.4) is 0 Å². The quantitative estimate of drug-likeness (QED) is 0.427. The van der Waals surface area contributed by atoms with Crippen LogP contribution in [-0.4, -0.2) is 11.9 Å². The number of hydrogen-bond donors (Lipinski definition) is 0. The molecule has 2 aromatic carbocycles. The van der Waals surface area contributed by atoms with Crippen LogP contribution in [0.5, 0.6) is 0 Å². The molecule has 2 aromatic rings. The molecule has 1 heterocycles. The summed E-state index contributed by atoms with van der Waals surface area (Å²) in [7, 11) is 0. The molecule has 108 valence electrons. The maximum atomic E-state index is 12.3. The van der Waals surface area contributed by atoms with Gasteiger partial charge in [0, 0.05) is 5.92 Å². The summed E-state index contributed by atoms with van der Waals surface area (Å²) in [6.07, 6.45) is 0. The summed E-state index contributed by atoms with van der Waals surface area (Å²) in [5, 5.41) is 0. The third kappa shape index (κ3) is 1.17. The van der Waals surface area contributed by atoms with Crippen LogP contribution < -0.4 is 0 Å². The van der Waals surface area contributed by atoms with Crippen molar-refractivity contribution in [2.24, 2.45) is 11.8 Å². The summed E-state index contributed by atoms with van der Waals surface area (Å²) in [6.45, 7) is 0. The summed E-state index contributed by atoms with van der Waals surface area (Å²) in [4.78, 5) is 23.6. The SMILES string of the molecule is O=C1OC(=O)[C@H]2[C@@H]1C1c3ccccc3C2(Cl)c2ccccc21. The summed E-state index contributed by atoms with van der Waals surface area (Å²) < 4.78 is 4.95. The van der Waals surface area contributed by atoms with E-state index in [1.54, 1.807) is 0 Å². The van der Waals surface area contributed by atoms with E-state index in [9.17, 15) is 9.59 Å². The normalized spacial score (nSPS) is 34.0. The number of esters is 2. The minimum absolute atomic E-state index is 0.156. The second-order valence-corrected chi connectivity index (χ2v) is 6.70. The summed E-state index contributed by atoms with van der Waals surface area (Å²) >= 11 is 7.07. The molecule has 1 fully saturated rings. The van der Waals surface area contributed by atoms with Gasteiger partial charge in [0.1, 0.15) is 4.87 Å². The van der Waals surface area contributed by atoms with Gasteiger partial charge >= 0.3 is 11.9 Å². The monoisotopic (exact) mass is 310 g/mol. The molecule has 0 spiro atoms. The van der Waals surface area contributed by atoms with Crippen LogP contribution in [0.1, 0.15) is 28.2 Å². The van der Waals surface area contributed by atoms with Crippen LogP contribution in [0.15, 0.2) is 48.5 Å². The Labute approximate surface area is 131 Å². The van der Waals surface area contributed by atoms with E-state index in [0.29, 0.717) is 0 Å². The van der Waals surface area contributed by atoms with Gasteiger partial charge in [-0.1, -0.05) is 48.5 Å². The first-order chi connectivity index (χ1) is 10.6. The number of cyclic esters (lactones) is 2. The van der Waals surface area contributed by atoms with Crippen molar-refractivity contribution in [2.75, 3.05) is 0 Å². The number of alkyl halides is 1. The van der Waals surface area contributed by atoms with Gasteiger partial charge in [-0.15, -0.1) is 11.6 Å². The molecular weight excluding hydrogens is 300 g/mol. The number of rotatable bonds is 0. The van der Waals surface area contributed by atoms with Crippen molar-refractivity contribution in [1.82, 2.24) is 0 Å². The van der Waals surface area contributed by atoms with Gasteiger partial charge in [0.05, 0.1) is 11.8 Å². The lowest BCUT2D eigenvalue weighted by Gasteiger charge is -2.50. The maximum Gasteiger partial charge on any atom is 0.320 e. The molecule has 2 atom stereocenters. The number of benzene rings is 2. The van der Waals surface area contributed by atoms with Crippen molar-refractivity contribution >= 4 is 23.5 Å². The molecule has 0 N–H and O–H groups in total.